The van der Waals surface area contributed by atoms with Gasteiger partial charge in [0.05, 0.1) is 6.10 Å². The first-order chi connectivity index (χ1) is 9.09. The third-order valence-corrected chi connectivity index (χ3v) is 4.01. The smallest absolute Gasteiger partial charge is 0.123 e. The fraction of sp³-hybridized carbons (Fsp3) is 0.294. The molecular weight excluding hydrogens is 236 g/mol. The van der Waals surface area contributed by atoms with Crippen LogP contribution in [0, 0.1) is 0 Å². The van der Waals surface area contributed by atoms with Crippen molar-refractivity contribution in [2.24, 2.45) is 0 Å². The third kappa shape index (κ3) is 1.97. The molecule has 0 saturated heterocycles. The minimum atomic E-state index is -0.0675. The van der Waals surface area contributed by atoms with Crippen molar-refractivity contribution >= 4 is 0 Å². The summed E-state index contributed by atoms with van der Waals surface area (Å²) in [6.07, 6.45) is 1.13. The summed E-state index contributed by atoms with van der Waals surface area (Å²) in [5, 5.41) is 9.46. The normalized spacial score (nSPS) is 25.5. The summed E-state index contributed by atoms with van der Waals surface area (Å²) in [6, 6.07) is 15.7. The van der Waals surface area contributed by atoms with Crippen LogP contribution in [0.4, 0.5) is 0 Å². The fourth-order valence-electron chi connectivity index (χ4n) is 3.07. The second kappa shape index (κ2) is 4.30. The third-order valence-electron chi connectivity index (χ3n) is 4.01. The van der Waals surface area contributed by atoms with Crippen LogP contribution in [0.25, 0.3) is 0 Å². The number of phenols is 1. The van der Waals surface area contributed by atoms with Gasteiger partial charge < -0.3 is 9.84 Å². The molecule has 2 aromatic carbocycles. The SMILES string of the molecule is C[C@@H]1C[C@](C)(c2ccc(O)cc2)c2ccccc2O1. The number of para-hydroxylation sites is 1. The van der Waals surface area contributed by atoms with Crippen molar-refractivity contribution in [3.63, 3.8) is 0 Å². The molecule has 2 atom stereocenters. The van der Waals surface area contributed by atoms with Gasteiger partial charge in [-0.1, -0.05) is 37.3 Å². The molecule has 2 nitrogen and oxygen atoms in total. The number of benzene rings is 2. The standard InChI is InChI=1S/C17H18O2/c1-12-11-17(2,13-7-9-14(18)10-8-13)15-5-3-4-6-16(15)19-12/h3-10,12,18H,11H2,1-2H3/t12-,17-/m1/s1. The van der Waals surface area contributed by atoms with Gasteiger partial charge in [-0.3, -0.25) is 0 Å². The molecule has 0 saturated carbocycles. The van der Waals surface area contributed by atoms with Crippen LogP contribution < -0.4 is 4.74 Å². The van der Waals surface area contributed by atoms with E-state index in [4.69, 9.17) is 4.74 Å². The summed E-state index contributed by atoms with van der Waals surface area (Å²) < 4.78 is 5.92. The number of hydrogen-bond donors (Lipinski definition) is 1. The average Bonchev–Trinajstić information content (AvgIpc) is 2.39. The van der Waals surface area contributed by atoms with Crippen molar-refractivity contribution in [1.29, 1.82) is 0 Å². The summed E-state index contributed by atoms with van der Waals surface area (Å²) in [7, 11) is 0. The first kappa shape index (κ1) is 12.1. The van der Waals surface area contributed by atoms with Crippen LogP contribution in [0.5, 0.6) is 11.5 Å². The highest BCUT2D eigenvalue weighted by Gasteiger charge is 2.37. The molecule has 2 heteroatoms. The fourth-order valence-corrected chi connectivity index (χ4v) is 3.07. The topological polar surface area (TPSA) is 29.5 Å². The van der Waals surface area contributed by atoms with Gasteiger partial charge >= 0.3 is 0 Å². The summed E-state index contributed by atoms with van der Waals surface area (Å²) in [5.41, 5.74) is 2.37. The van der Waals surface area contributed by atoms with E-state index >= 15 is 0 Å². The van der Waals surface area contributed by atoms with Crippen LogP contribution in [0.2, 0.25) is 0 Å². The quantitative estimate of drug-likeness (QED) is 0.837. The van der Waals surface area contributed by atoms with Gasteiger partial charge in [0.25, 0.3) is 0 Å². The molecule has 3 rings (SSSR count). The lowest BCUT2D eigenvalue weighted by Crippen LogP contribution is -2.35. The molecule has 0 spiro atoms. The van der Waals surface area contributed by atoms with E-state index in [0.29, 0.717) is 5.75 Å². The molecule has 1 aliphatic rings. The second-order valence-electron chi connectivity index (χ2n) is 5.51. The second-order valence-corrected chi connectivity index (χ2v) is 5.51. The van der Waals surface area contributed by atoms with Gasteiger partial charge in [0.2, 0.25) is 0 Å². The van der Waals surface area contributed by atoms with E-state index < -0.39 is 0 Å². The van der Waals surface area contributed by atoms with Crippen molar-refractivity contribution in [2.75, 3.05) is 0 Å². The maximum Gasteiger partial charge on any atom is 0.123 e. The van der Waals surface area contributed by atoms with Gasteiger partial charge in [-0.05, 0) is 37.1 Å². The van der Waals surface area contributed by atoms with E-state index in [1.54, 1.807) is 12.1 Å². The van der Waals surface area contributed by atoms with Crippen molar-refractivity contribution < 1.29 is 9.84 Å². The summed E-state index contributed by atoms with van der Waals surface area (Å²) in [4.78, 5) is 0. The average molecular weight is 254 g/mol. The Kier molecular flexibility index (Phi) is 2.74. The maximum absolute atomic E-state index is 9.46. The minimum absolute atomic E-state index is 0.0675. The number of phenolic OH excluding ortho intramolecular Hbond substituents is 1. The zero-order valence-electron chi connectivity index (χ0n) is 11.3. The Bertz CT molecular complexity index is 588. The van der Waals surface area contributed by atoms with E-state index in [0.717, 1.165) is 12.2 Å². The highest BCUT2D eigenvalue weighted by molar-refractivity contribution is 5.49. The molecule has 0 radical (unpaired) electrons. The Hall–Kier alpha value is -1.96. The summed E-state index contributed by atoms with van der Waals surface area (Å²) in [6.45, 7) is 4.35. The lowest BCUT2D eigenvalue weighted by molar-refractivity contribution is 0.157. The van der Waals surface area contributed by atoms with E-state index in [1.165, 1.54) is 11.1 Å². The van der Waals surface area contributed by atoms with Gasteiger partial charge in [0, 0.05) is 11.0 Å². The first-order valence-corrected chi connectivity index (χ1v) is 6.65. The molecule has 0 amide bonds. The number of aromatic hydroxyl groups is 1. The molecule has 0 unspecified atom stereocenters. The summed E-state index contributed by atoms with van der Waals surface area (Å²) >= 11 is 0. The van der Waals surface area contributed by atoms with Crippen molar-refractivity contribution in [1.82, 2.24) is 0 Å². The van der Waals surface area contributed by atoms with Crippen molar-refractivity contribution in [3.8, 4) is 11.5 Å². The molecule has 2 aromatic rings. The molecule has 0 aromatic heterocycles. The Labute approximate surface area is 113 Å². The molecule has 1 heterocycles. The van der Waals surface area contributed by atoms with Crippen LogP contribution in [-0.4, -0.2) is 11.2 Å². The Balaban J connectivity index is 2.15. The van der Waals surface area contributed by atoms with Gasteiger partial charge in [-0.25, -0.2) is 0 Å². The predicted molar refractivity (Wildman–Crippen MR) is 75.7 cm³/mol. The Morgan fingerprint density at radius 3 is 2.53 bits per heavy atom. The van der Waals surface area contributed by atoms with Crippen LogP contribution >= 0.6 is 0 Å². The van der Waals surface area contributed by atoms with Crippen molar-refractivity contribution in [3.05, 3.63) is 59.7 Å². The Morgan fingerprint density at radius 1 is 1.11 bits per heavy atom. The van der Waals surface area contributed by atoms with E-state index in [-0.39, 0.29) is 11.5 Å². The number of fused-ring (bicyclic) bond motifs is 1. The highest BCUT2D eigenvalue weighted by atomic mass is 16.5. The van der Waals surface area contributed by atoms with Gasteiger partial charge in [-0.15, -0.1) is 0 Å². The first-order valence-electron chi connectivity index (χ1n) is 6.65. The number of hydrogen-bond acceptors (Lipinski definition) is 2. The molecule has 1 N–H and O–H groups in total. The van der Waals surface area contributed by atoms with Gasteiger partial charge in [0.1, 0.15) is 11.5 Å². The highest BCUT2D eigenvalue weighted by Crippen LogP contribution is 2.45. The molecular formula is C17H18O2. The maximum atomic E-state index is 9.46. The Morgan fingerprint density at radius 2 is 1.79 bits per heavy atom. The molecule has 19 heavy (non-hydrogen) atoms. The zero-order valence-corrected chi connectivity index (χ0v) is 11.3. The number of ether oxygens (including phenoxy) is 1. The number of rotatable bonds is 1. The van der Waals surface area contributed by atoms with E-state index in [1.807, 2.05) is 24.3 Å². The van der Waals surface area contributed by atoms with Crippen LogP contribution in [0.3, 0.4) is 0 Å². The van der Waals surface area contributed by atoms with Gasteiger partial charge in [-0.2, -0.15) is 0 Å². The van der Waals surface area contributed by atoms with E-state index in [9.17, 15) is 5.11 Å². The van der Waals surface area contributed by atoms with Gasteiger partial charge in [0.15, 0.2) is 0 Å². The van der Waals surface area contributed by atoms with Crippen molar-refractivity contribution in [2.45, 2.75) is 31.8 Å². The van der Waals surface area contributed by atoms with Crippen LogP contribution in [-0.2, 0) is 5.41 Å². The molecule has 0 aliphatic carbocycles. The minimum Gasteiger partial charge on any atom is -0.508 e. The zero-order chi connectivity index (χ0) is 13.5. The van der Waals surface area contributed by atoms with Crippen LogP contribution in [0.1, 0.15) is 31.4 Å². The van der Waals surface area contributed by atoms with Crippen LogP contribution in [0.15, 0.2) is 48.5 Å². The molecule has 98 valence electrons. The van der Waals surface area contributed by atoms with E-state index in [2.05, 4.69) is 26.0 Å². The monoisotopic (exact) mass is 254 g/mol. The largest absolute Gasteiger partial charge is 0.508 e. The predicted octanol–water partition coefficient (Wildman–Crippen LogP) is 3.87. The molecule has 0 fully saturated rings. The molecule has 1 aliphatic heterocycles. The molecule has 0 bridgehead atoms. The lowest BCUT2D eigenvalue weighted by Gasteiger charge is -2.39. The lowest BCUT2D eigenvalue weighted by atomic mass is 9.71. The summed E-state index contributed by atoms with van der Waals surface area (Å²) in [5.74, 6) is 1.28.